The molecule has 2 N–H and O–H groups in total. The van der Waals surface area contributed by atoms with Crippen LogP contribution in [0.25, 0.3) is 0 Å². The molecular weight excluding hydrogens is 219 g/mol. The molecule has 1 aliphatic rings. The van der Waals surface area contributed by atoms with Gasteiger partial charge in [-0.15, -0.1) is 0 Å². The molecule has 1 saturated carbocycles. The molecule has 1 aromatic rings. The number of rotatable bonds is 1. The molecule has 1 heterocycles. The highest BCUT2D eigenvalue weighted by atomic mass is 35.5. The van der Waals surface area contributed by atoms with Crippen molar-refractivity contribution >= 4 is 17.3 Å². The van der Waals surface area contributed by atoms with Crippen molar-refractivity contribution in [2.24, 2.45) is 0 Å². The summed E-state index contributed by atoms with van der Waals surface area (Å²) in [6.45, 7) is 0. The van der Waals surface area contributed by atoms with Crippen molar-refractivity contribution in [1.82, 2.24) is 9.78 Å². The molecular formula is C7H7ClF3N3. The molecule has 1 fully saturated rings. The van der Waals surface area contributed by atoms with Gasteiger partial charge in [-0.3, -0.25) is 4.68 Å². The Morgan fingerprint density at radius 2 is 2.00 bits per heavy atom. The van der Waals surface area contributed by atoms with Gasteiger partial charge < -0.3 is 5.73 Å². The van der Waals surface area contributed by atoms with Crippen molar-refractivity contribution < 1.29 is 13.2 Å². The Morgan fingerprint density at radius 1 is 1.43 bits per heavy atom. The number of hydrogen-bond acceptors (Lipinski definition) is 2. The van der Waals surface area contributed by atoms with Crippen LogP contribution in [0.2, 0.25) is 5.15 Å². The van der Waals surface area contributed by atoms with Crippen molar-refractivity contribution in [3.05, 3.63) is 10.8 Å². The number of anilines is 1. The van der Waals surface area contributed by atoms with Crippen LogP contribution in [0.5, 0.6) is 0 Å². The number of nitrogens with two attached hydrogens (primary N) is 1. The smallest absolute Gasteiger partial charge is 0.394 e. The van der Waals surface area contributed by atoms with Crippen LogP contribution in [0.1, 0.15) is 24.6 Å². The van der Waals surface area contributed by atoms with Crippen LogP contribution in [0.15, 0.2) is 0 Å². The topological polar surface area (TPSA) is 43.8 Å². The lowest BCUT2D eigenvalue weighted by atomic mass is 10.3. The van der Waals surface area contributed by atoms with Gasteiger partial charge in [-0.25, -0.2) is 0 Å². The van der Waals surface area contributed by atoms with Gasteiger partial charge in [0.25, 0.3) is 0 Å². The predicted molar refractivity (Wildman–Crippen MR) is 44.9 cm³/mol. The summed E-state index contributed by atoms with van der Waals surface area (Å²) in [4.78, 5) is 0. The molecule has 3 nitrogen and oxygen atoms in total. The first kappa shape index (κ1) is 9.64. The maximum atomic E-state index is 12.5. The van der Waals surface area contributed by atoms with Gasteiger partial charge in [-0.1, -0.05) is 11.6 Å². The minimum absolute atomic E-state index is 0.193. The number of hydrogen-bond donors (Lipinski definition) is 1. The second-order valence-electron chi connectivity index (χ2n) is 3.23. The normalized spacial score (nSPS) is 17.4. The van der Waals surface area contributed by atoms with Gasteiger partial charge in [0.1, 0.15) is 5.69 Å². The van der Waals surface area contributed by atoms with Gasteiger partial charge in [0.05, 0.1) is 6.04 Å². The summed E-state index contributed by atoms with van der Waals surface area (Å²) in [7, 11) is 0. The molecule has 0 aromatic carbocycles. The monoisotopic (exact) mass is 225 g/mol. The zero-order chi connectivity index (χ0) is 10.5. The summed E-state index contributed by atoms with van der Waals surface area (Å²) >= 11 is 5.46. The molecule has 0 aliphatic heterocycles. The van der Waals surface area contributed by atoms with Crippen molar-refractivity contribution in [3.63, 3.8) is 0 Å². The fourth-order valence-corrected chi connectivity index (χ4v) is 1.46. The molecule has 0 radical (unpaired) electrons. The zero-order valence-electron chi connectivity index (χ0n) is 6.98. The van der Waals surface area contributed by atoms with Gasteiger partial charge in [-0.2, -0.15) is 18.3 Å². The van der Waals surface area contributed by atoms with Gasteiger partial charge in [0.15, 0.2) is 10.8 Å². The van der Waals surface area contributed by atoms with E-state index in [0.717, 1.165) is 4.68 Å². The molecule has 1 aliphatic carbocycles. The zero-order valence-corrected chi connectivity index (χ0v) is 7.73. The third-order valence-electron chi connectivity index (χ3n) is 2.06. The van der Waals surface area contributed by atoms with E-state index < -0.39 is 17.6 Å². The van der Waals surface area contributed by atoms with Crippen LogP contribution in [0, 0.1) is 0 Å². The van der Waals surface area contributed by atoms with Crippen LogP contribution in [-0.2, 0) is 6.18 Å². The van der Waals surface area contributed by atoms with E-state index in [1.165, 1.54) is 0 Å². The van der Waals surface area contributed by atoms with Crippen LogP contribution in [-0.4, -0.2) is 9.78 Å². The lowest BCUT2D eigenvalue weighted by Crippen LogP contribution is -2.15. The fourth-order valence-electron chi connectivity index (χ4n) is 1.29. The summed E-state index contributed by atoms with van der Waals surface area (Å²) in [5.41, 5.74) is 3.81. The van der Waals surface area contributed by atoms with E-state index in [1.54, 1.807) is 0 Å². The highest BCUT2D eigenvalue weighted by Gasteiger charge is 2.42. The van der Waals surface area contributed by atoms with Crippen LogP contribution in [0.4, 0.5) is 18.9 Å². The summed E-state index contributed by atoms with van der Waals surface area (Å²) in [5, 5.41) is 3.30. The quantitative estimate of drug-likeness (QED) is 0.798. The van der Waals surface area contributed by atoms with Gasteiger partial charge in [0.2, 0.25) is 0 Å². The highest BCUT2D eigenvalue weighted by Crippen LogP contribution is 2.44. The molecule has 0 bridgehead atoms. The van der Waals surface area contributed by atoms with Crippen molar-refractivity contribution in [1.29, 1.82) is 0 Å². The molecule has 7 heteroatoms. The first-order chi connectivity index (χ1) is 6.41. The molecule has 0 amide bonds. The Morgan fingerprint density at radius 3 is 2.43 bits per heavy atom. The van der Waals surface area contributed by atoms with Crippen LogP contribution in [0.3, 0.4) is 0 Å². The van der Waals surface area contributed by atoms with Gasteiger partial charge in [0, 0.05) is 0 Å². The number of halogens is 4. The van der Waals surface area contributed by atoms with E-state index in [4.69, 9.17) is 17.3 Å². The molecule has 14 heavy (non-hydrogen) atoms. The third-order valence-corrected chi connectivity index (χ3v) is 2.34. The first-order valence-electron chi connectivity index (χ1n) is 4.02. The Labute approximate surface area is 82.6 Å². The van der Waals surface area contributed by atoms with E-state index in [0.29, 0.717) is 12.8 Å². The lowest BCUT2D eigenvalue weighted by molar-refractivity contribution is -0.143. The summed E-state index contributed by atoms with van der Waals surface area (Å²) in [6, 6.07) is -0.193. The number of nitrogen functional groups attached to an aromatic ring is 1. The molecule has 0 unspecified atom stereocenters. The standard InChI is InChI=1S/C7H7ClF3N3/c8-6-4(12)5(7(9,10)11)14(13-6)3-1-2-3/h3H,1-2,12H2. The maximum absolute atomic E-state index is 12.5. The first-order valence-corrected chi connectivity index (χ1v) is 4.39. The molecule has 0 spiro atoms. The Bertz CT molecular complexity index is 367. The number of aromatic nitrogens is 2. The number of nitrogens with zero attached hydrogens (tertiary/aromatic N) is 2. The van der Waals surface area contributed by atoms with E-state index in [1.807, 2.05) is 0 Å². The second kappa shape index (κ2) is 2.79. The third kappa shape index (κ3) is 1.43. The molecule has 0 atom stereocenters. The van der Waals surface area contributed by atoms with E-state index in [9.17, 15) is 13.2 Å². The van der Waals surface area contributed by atoms with Gasteiger partial charge in [-0.05, 0) is 12.8 Å². The Hall–Kier alpha value is -0.910. The van der Waals surface area contributed by atoms with Gasteiger partial charge >= 0.3 is 6.18 Å². The fraction of sp³-hybridized carbons (Fsp3) is 0.571. The van der Waals surface area contributed by atoms with Crippen molar-refractivity contribution in [3.8, 4) is 0 Å². The van der Waals surface area contributed by atoms with E-state index in [-0.39, 0.29) is 11.2 Å². The average Bonchev–Trinajstić information content (AvgIpc) is 2.78. The molecule has 2 rings (SSSR count). The molecule has 1 aromatic heterocycles. The second-order valence-corrected chi connectivity index (χ2v) is 3.58. The largest absolute Gasteiger partial charge is 0.435 e. The average molecular weight is 226 g/mol. The van der Waals surface area contributed by atoms with E-state index in [2.05, 4.69) is 5.10 Å². The van der Waals surface area contributed by atoms with Crippen molar-refractivity contribution in [2.45, 2.75) is 25.1 Å². The summed E-state index contributed by atoms with van der Waals surface area (Å²) in [6.07, 6.45) is -3.10. The minimum Gasteiger partial charge on any atom is -0.394 e. The summed E-state index contributed by atoms with van der Waals surface area (Å²) < 4.78 is 38.4. The van der Waals surface area contributed by atoms with Crippen LogP contribution < -0.4 is 5.73 Å². The Kier molecular flexibility index (Phi) is 1.92. The number of alkyl halides is 3. The van der Waals surface area contributed by atoms with E-state index >= 15 is 0 Å². The maximum Gasteiger partial charge on any atom is 0.435 e. The predicted octanol–water partition coefficient (Wildman–Crippen LogP) is 2.47. The summed E-state index contributed by atoms with van der Waals surface area (Å²) in [5.74, 6) is 0. The van der Waals surface area contributed by atoms with Crippen LogP contribution >= 0.6 is 11.6 Å². The lowest BCUT2D eigenvalue weighted by Gasteiger charge is -2.09. The SMILES string of the molecule is Nc1c(Cl)nn(C2CC2)c1C(F)(F)F. The van der Waals surface area contributed by atoms with Crippen molar-refractivity contribution in [2.75, 3.05) is 5.73 Å². The Balaban J connectivity index is 2.54. The minimum atomic E-state index is -4.49. The molecule has 78 valence electrons. The molecule has 0 saturated heterocycles. The highest BCUT2D eigenvalue weighted by molar-refractivity contribution is 6.32.